The molecule has 2 aromatic carbocycles. The van der Waals surface area contributed by atoms with E-state index in [0.29, 0.717) is 0 Å². The molecule has 0 bridgehead atoms. The van der Waals surface area contributed by atoms with Gasteiger partial charge in [0.25, 0.3) is 0 Å². The topological polar surface area (TPSA) is 15.8 Å². The first-order valence-corrected chi connectivity index (χ1v) is 8.26. The van der Waals surface area contributed by atoms with Crippen LogP contribution in [-0.2, 0) is 6.42 Å². The molecule has 1 heteroatoms. The van der Waals surface area contributed by atoms with E-state index in [1.165, 1.54) is 46.6 Å². The third-order valence-electron chi connectivity index (χ3n) is 5.59. The van der Waals surface area contributed by atoms with Crippen LogP contribution < -0.4 is 0 Å². The van der Waals surface area contributed by atoms with E-state index in [2.05, 4.69) is 61.3 Å². The van der Waals surface area contributed by atoms with Gasteiger partial charge in [-0.3, -0.25) is 0 Å². The van der Waals surface area contributed by atoms with Gasteiger partial charge in [0.1, 0.15) is 0 Å². The Morgan fingerprint density at radius 3 is 2.67 bits per heavy atom. The molecule has 0 amide bonds. The summed E-state index contributed by atoms with van der Waals surface area (Å²) in [6.45, 7) is 4.75. The van der Waals surface area contributed by atoms with Gasteiger partial charge in [-0.05, 0) is 42.2 Å². The first-order chi connectivity index (χ1) is 10.3. The third-order valence-corrected chi connectivity index (χ3v) is 5.59. The second-order valence-corrected chi connectivity index (χ2v) is 6.76. The van der Waals surface area contributed by atoms with Crippen molar-refractivity contribution in [3.8, 4) is 0 Å². The zero-order valence-electron chi connectivity index (χ0n) is 12.9. The number of nitrogens with one attached hydrogen (secondary N) is 1. The summed E-state index contributed by atoms with van der Waals surface area (Å²) in [7, 11) is 0. The average molecular weight is 277 g/mol. The maximum Gasteiger partial charge on any atom is 0.0497 e. The molecule has 1 saturated carbocycles. The van der Waals surface area contributed by atoms with E-state index in [9.17, 15) is 0 Å². The van der Waals surface area contributed by atoms with Crippen LogP contribution in [0.2, 0.25) is 0 Å². The summed E-state index contributed by atoms with van der Waals surface area (Å²) in [4.78, 5) is 3.64. The molecule has 1 aliphatic rings. The van der Waals surface area contributed by atoms with Crippen molar-refractivity contribution in [1.29, 1.82) is 0 Å². The molecule has 0 saturated heterocycles. The van der Waals surface area contributed by atoms with Crippen molar-refractivity contribution in [3.05, 3.63) is 48.0 Å². The number of rotatable bonds is 3. The van der Waals surface area contributed by atoms with Gasteiger partial charge >= 0.3 is 0 Å². The third kappa shape index (κ3) is 1.98. The fourth-order valence-corrected chi connectivity index (χ4v) is 4.45. The quantitative estimate of drug-likeness (QED) is 0.646. The van der Waals surface area contributed by atoms with E-state index in [4.69, 9.17) is 0 Å². The second kappa shape index (κ2) is 4.91. The number of aromatic nitrogens is 1. The molecule has 0 aliphatic heterocycles. The SMILES string of the molecule is CCC1C(C)CC1Cc1cccc2c1[nH]c1ccccc12. The molecule has 0 spiro atoms. The minimum Gasteiger partial charge on any atom is -0.354 e. The largest absolute Gasteiger partial charge is 0.354 e. The summed E-state index contributed by atoms with van der Waals surface area (Å²) in [5, 5.41) is 2.73. The fraction of sp³-hybridized carbons (Fsp3) is 0.400. The Morgan fingerprint density at radius 1 is 1.05 bits per heavy atom. The Labute approximate surface area is 126 Å². The minimum absolute atomic E-state index is 0.877. The zero-order chi connectivity index (χ0) is 14.4. The van der Waals surface area contributed by atoms with Crippen LogP contribution in [0.4, 0.5) is 0 Å². The lowest BCUT2D eigenvalue weighted by Gasteiger charge is -2.43. The zero-order valence-corrected chi connectivity index (χ0v) is 12.9. The molecule has 21 heavy (non-hydrogen) atoms. The highest BCUT2D eigenvalue weighted by Gasteiger charge is 2.36. The molecule has 1 aliphatic carbocycles. The predicted molar refractivity (Wildman–Crippen MR) is 90.6 cm³/mol. The van der Waals surface area contributed by atoms with Gasteiger partial charge in [-0.2, -0.15) is 0 Å². The summed E-state index contributed by atoms with van der Waals surface area (Å²) < 4.78 is 0. The van der Waals surface area contributed by atoms with E-state index < -0.39 is 0 Å². The molecule has 108 valence electrons. The molecule has 1 aromatic heterocycles. The van der Waals surface area contributed by atoms with Crippen LogP contribution in [0, 0.1) is 17.8 Å². The Bertz CT molecular complexity index is 783. The number of hydrogen-bond donors (Lipinski definition) is 1. The second-order valence-electron chi connectivity index (χ2n) is 6.76. The number of aromatic amines is 1. The van der Waals surface area contributed by atoms with Crippen molar-refractivity contribution in [1.82, 2.24) is 4.98 Å². The van der Waals surface area contributed by atoms with E-state index in [0.717, 1.165) is 17.8 Å². The van der Waals surface area contributed by atoms with Crippen LogP contribution in [0.5, 0.6) is 0 Å². The molecule has 1 N–H and O–H groups in total. The number of H-pyrrole nitrogens is 1. The molecule has 3 aromatic rings. The van der Waals surface area contributed by atoms with Crippen LogP contribution in [0.15, 0.2) is 42.5 Å². The van der Waals surface area contributed by atoms with E-state index in [1.807, 2.05) is 0 Å². The van der Waals surface area contributed by atoms with E-state index >= 15 is 0 Å². The van der Waals surface area contributed by atoms with Gasteiger partial charge in [0, 0.05) is 21.8 Å². The van der Waals surface area contributed by atoms with Gasteiger partial charge in [-0.25, -0.2) is 0 Å². The molecule has 1 heterocycles. The lowest BCUT2D eigenvalue weighted by Crippen LogP contribution is -2.35. The Morgan fingerprint density at radius 2 is 1.86 bits per heavy atom. The lowest BCUT2D eigenvalue weighted by atomic mass is 9.62. The Balaban J connectivity index is 1.75. The molecular formula is C20H23N. The van der Waals surface area contributed by atoms with Crippen molar-refractivity contribution < 1.29 is 0 Å². The van der Waals surface area contributed by atoms with Crippen LogP contribution in [0.3, 0.4) is 0 Å². The van der Waals surface area contributed by atoms with Gasteiger partial charge in [0.15, 0.2) is 0 Å². The van der Waals surface area contributed by atoms with Crippen LogP contribution in [-0.4, -0.2) is 4.98 Å². The van der Waals surface area contributed by atoms with Crippen LogP contribution >= 0.6 is 0 Å². The number of fused-ring (bicyclic) bond motifs is 3. The number of para-hydroxylation sites is 2. The summed E-state index contributed by atoms with van der Waals surface area (Å²) in [6, 6.07) is 15.4. The molecule has 0 radical (unpaired) electrons. The van der Waals surface area contributed by atoms with Crippen molar-refractivity contribution >= 4 is 21.8 Å². The molecule has 1 nitrogen and oxygen atoms in total. The van der Waals surface area contributed by atoms with Gasteiger partial charge in [-0.15, -0.1) is 0 Å². The molecule has 4 rings (SSSR count). The van der Waals surface area contributed by atoms with Crippen molar-refractivity contribution in [2.45, 2.75) is 33.1 Å². The molecule has 3 atom stereocenters. The monoisotopic (exact) mass is 277 g/mol. The Hall–Kier alpha value is -1.76. The van der Waals surface area contributed by atoms with Gasteiger partial charge in [0.2, 0.25) is 0 Å². The highest BCUT2D eigenvalue weighted by atomic mass is 14.7. The standard InChI is InChI=1S/C20H23N/c1-3-16-13(2)11-15(16)12-14-7-6-9-18-17-8-4-5-10-19(17)21-20(14)18/h4-10,13,15-16,21H,3,11-12H2,1-2H3. The van der Waals surface area contributed by atoms with Crippen LogP contribution in [0.25, 0.3) is 21.8 Å². The fourth-order valence-electron chi connectivity index (χ4n) is 4.45. The molecule has 1 fully saturated rings. The number of hydrogen-bond acceptors (Lipinski definition) is 0. The van der Waals surface area contributed by atoms with Gasteiger partial charge < -0.3 is 4.98 Å². The smallest absolute Gasteiger partial charge is 0.0497 e. The number of benzene rings is 2. The highest BCUT2D eigenvalue weighted by molar-refractivity contribution is 6.08. The first-order valence-electron chi connectivity index (χ1n) is 8.26. The highest BCUT2D eigenvalue weighted by Crippen LogP contribution is 2.44. The minimum atomic E-state index is 0.877. The Kier molecular flexibility index (Phi) is 3.02. The molecule has 3 unspecified atom stereocenters. The van der Waals surface area contributed by atoms with Gasteiger partial charge in [-0.1, -0.05) is 56.7 Å². The maximum atomic E-state index is 3.64. The van der Waals surface area contributed by atoms with Crippen molar-refractivity contribution in [2.75, 3.05) is 0 Å². The van der Waals surface area contributed by atoms with Crippen molar-refractivity contribution in [2.24, 2.45) is 17.8 Å². The summed E-state index contributed by atoms with van der Waals surface area (Å²) in [5.74, 6) is 2.72. The molecular weight excluding hydrogens is 254 g/mol. The lowest BCUT2D eigenvalue weighted by molar-refractivity contribution is 0.0824. The van der Waals surface area contributed by atoms with Gasteiger partial charge in [0.05, 0.1) is 0 Å². The average Bonchev–Trinajstić information content (AvgIpc) is 2.87. The van der Waals surface area contributed by atoms with E-state index in [1.54, 1.807) is 0 Å². The van der Waals surface area contributed by atoms with E-state index in [-0.39, 0.29) is 0 Å². The van der Waals surface area contributed by atoms with Crippen LogP contribution in [0.1, 0.15) is 32.3 Å². The summed E-state index contributed by atoms with van der Waals surface area (Å²) >= 11 is 0. The predicted octanol–water partition coefficient (Wildman–Crippen LogP) is 5.55. The summed E-state index contributed by atoms with van der Waals surface area (Å²) in [5.41, 5.74) is 4.11. The summed E-state index contributed by atoms with van der Waals surface area (Å²) in [6.07, 6.45) is 3.96. The maximum absolute atomic E-state index is 3.64. The normalized spacial score (nSPS) is 25.3. The first kappa shape index (κ1) is 12.9. The van der Waals surface area contributed by atoms with Crippen molar-refractivity contribution in [3.63, 3.8) is 0 Å².